The Morgan fingerprint density at radius 2 is 1.91 bits per heavy atom. The standard InChI is InChI=1S/C16H16N2O3S2/c17-23(20,21)16-7-6-14(22-16)10-15(19)18-9-8-13(11-18)12-4-2-1-3-5-12/h1-8H,9-11H2,(H2,17,20,21). The second-order valence-electron chi connectivity index (χ2n) is 5.31. The highest BCUT2D eigenvalue weighted by Crippen LogP contribution is 2.24. The van der Waals surface area contributed by atoms with E-state index in [4.69, 9.17) is 5.14 Å². The van der Waals surface area contributed by atoms with E-state index in [1.807, 2.05) is 30.3 Å². The Morgan fingerprint density at radius 3 is 2.57 bits per heavy atom. The van der Waals surface area contributed by atoms with Gasteiger partial charge >= 0.3 is 0 Å². The van der Waals surface area contributed by atoms with E-state index >= 15 is 0 Å². The Bertz CT molecular complexity index is 854. The van der Waals surface area contributed by atoms with Gasteiger partial charge in [0.15, 0.2) is 0 Å². The van der Waals surface area contributed by atoms with Crippen molar-refractivity contribution in [2.75, 3.05) is 13.1 Å². The summed E-state index contributed by atoms with van der Waals surface area (Å²) in [5.41, 5.74) is 2.26. The molecule has 2 aromatic rings. The molecule has 0 radical (unpaired) electrons. The Kier molecular flexibility index (Phi) is 4.34. The highest BCUT2D eigenvalue weighted by Gasteiger charge is 2.21. The van der Waals surface area contributed by atoms with Crippen LogP contribution in [0, 0.1) is 0 Å². The van der Waals surface area contributed by atoms with Crippen LogP contribution in [0.3, 0.4) is 0 Å². The average Bonchev–Trinajstić information content (AvgIpc) is 3.16. The SMILES string of the molecule is NS(=O)(=O)c1ccc(CC(=O)N2CC=C(c3ccccc3)C2)s1. The van der Waals surface area contributed by atoms with Crippen molar-refractivity contribution in [2.24, 2.45) is 5.14 Å². The molecular weight excluding hydrogens is 332 g/mol. The lowest BCUT2D eigenvalue weighted by Gasteiger charge is -2.16. The van der Waals surface area contributed by atoms with Crippen LogP contribution in [0.2, 0.25) is 0 Å². The molecule has 3 rings (SSSR count). The van der Waals surface area contributed by atoms with Gasteiger partial charge in [-0.05, 0) is 23.3 Å². The van der Waals surface area contributed by atoms with Crippen molar-refractivity contribution >= 4 is 32.8 Å². The molecule has 1 aromatic heterocycles. The lowest BCUT2D eigenvalue weighted by atomic mass is 10.1. The van der Waals surface area contributed by atoms with Crippen molar-refractivity contribution in [3.63, 3.8) is 0 Å². The fourth-order valence-electron chi connectivity index (χ4n) is 2.47. The van der Waals surface area contributed by atoms with Crippen LogP contribution in [0.5, 0.6) is 0 Å². The van der Waals surface area contributed by atoms with Crippen molar-refractivity contribution in [1.82, 2.24) is 4.90 Å². The number of nitrogens with two attached hydrogens (primary N) is 1. The van der Waals surface area contributed by atoms with Gasteiger partial charge in [0, 0.05) is 18.0 Å². The van der Waals surface area contributed by atoms with Gasteiger partial charge in [0.05, 0.1) is 6.42 Å². The zero-order valence-corrected chi connectivity index (χ0v) is 13.9. The van der Waals surface area contributed by atoms with Crippen LogP contribution >= 0.6 is 11.3 Å². The normalized spacial score (nSPS) is 14.8. The fraction of sp³-hybridized carbons (Fsp3) is 0.188. The second-order valence-corrected chi connectivity index (χ2v) is 8.27. The Morgan fingerprint density at radius 1 is 1.17 bits per heavy atom. The third kappa shape index (κ3) is 3.69. The van der Waals surface area contributed by atoms with Gasteiger partial charge in [0.25, 0.3) is 0 Å². The predicted octanol–water partition coefficient (Wildman–Crippen LogP) is 1.86. The predicted molar refractivity (Wildman–Crippen MR) is 90.4 cm³/mol. The maximum atomic E-state index is 12.4. The summed E-state index contributed by atoms with van der Waals surface area (Å²) in [5.74, 6) is -0.0185. The minimum atomic E-state index is -3.70. The Labute approximate surface area is 139 Å². The lowest BCUT2D eigenvalue weighted by molar-refractivity contribution is -0.129. The zero-order valence-electron chi connectivity index (χ0n) is 12.3. The molecule has 120 valence electrons. The number of amides is 1. The Balaban J connectivity index is 1.64. The van der Waals surface area contributed by atoms with Crippen molar-refractivity contribution in [3.8, 4) is 0 Å². The number of hydrogen-bond acceptors (Lipinski definition) is 4. The van der Waals surface area contributed by atoms with E-state index in [0.29, 0.717) is 18.0 Å². The van der Waals surface area contributed by atoms with Crippen molar-refractivity contribution in [3.05, 3.63) is 59.0 Å². The number of carbonyl (C=O) groups is 1. The number of benzene rings is 1. The smallest absolute Gasteiger partial charge is 0.247 e. The molecular formula is C16H16N2O3S2. The van der Waals surface area contributed by atoms with E-state index in [2.05, 4.69) is 6.08 Å². The van der Waals surface area contributed by atoms with Gasteiger partial charge in [0.1, 0.15) is 4.21 Å². The number of thiophene rings is 1. The maximum absolute atomic E-state index is 12.4. The first-order valence-corrected chi connectivity index (χ1v) is 9.43. The summed E-state index contributed by atoms with van der Waals surface area (Å²) in [7, 11) is -3.70. The molecule has 0 atom stereocenters. The van der Waals surface area contributed by atoms with Crippen LogP contribution in [0.25, 0.3) is 5.57 Å². The van der Waals surface area contributed by atoms with Gasteiger partial charge in [-0.2, -0.15) is 0 Å². The van der Waals surface area contributed by atoms with Crippen LogP contribution < -0.4 is 5.14 Å². The van der Waals surface area contributed by atoms with E-state index in [9.17, 15) is 13.2 Å². The summed E-state index contributed by atoms with van der Waals surface area (Å²) >= 11 is 1.05. The molecule has 0 spiro atoms. The van der Waals surface area contributed by atoms with Crippen LogP contribution in [0.15, 0.2) is 52.7 Å². The molecule has 0 unspecified atom stereocenters. The van der Waals surface area contributed by atoms with E-state index in [0.717, 1.165) is 22.5 Å². The molecule has 0 aliphatic carbocycles. The lowest BCUT2D eigenvalue weighted by Crippen LogP contribution is -2.30. The fourth-order valence-corrected chi connectivity index (χ4v) is 4.24. The minimum absolute atomic E-state index is 0.0185. The van der Waals surface area contributed by atoms with Gasteiger partial charge in [-0.3, -0.25) is 4.79 Å². The third-order valence-corrected chi connectivity index (χ3v) is 6.18. The van der Waals surface area contributed by atoms with Crippen molar-refractivity contribution in [2.45, 2.75) is 10.6 Å². The van der Waals surface area contributed by atoms with Gasteiger partial charge in [0.2, 0.25) is 15.9 Å². The first-order chi connectivity index (χ1) is 10.9. The number of rotatable bonds is 4. The van der Waals surface area contributed by atoms with Gasteiger partial charge < -0.3 is 4.90 Å². The molecule has 0 fully saturated rings. The highest BCUT2D eigenvalue weighted by atomic mass is 32.2. The van der Waals surface area contributed by atoms with E-state index in [-0.39, 0.29) is 16.5 Å². The number of hydrogen-bond donors (Lipinski definition) is 1. The van der Waals surface area contributed by atoms with Crippen molar-refractivity contribution in [1.29, 1.82) is 0 Å². The highest BCUT2D eigenvalue weighted by molar-refractivity contribution is 7.91. The molecule has 1 amide bonds. The molecule has 0 saturated heterocycles. The van der Waals surface area contributed by atoms with E-state index in [1.165, 1.54) is 6.07 Å². The summed E-state index contributed by atoms with van der Waals surface area (Å²) in [6, 6.07) is 13.0. The van der Waals surface area contributed by atoms with E-state index < -0.39 is 10.0 Å². The number of carbonyl (C=O) groups excluding carboxylic acids is 1. The van der Waals surface area contributed by atoms with Crippen LogP contribution in [0.4, 0.5) is 0 Å². The third-order valence-electron chi connectivity index (χ3n) is 3.66. The molecule has 2 heterocycles. The summed E-state index contributed by atoms with van der Waals surface area (Å²) in [6.45, 7) is 1.16. The molecule has 1 aliphatic rings. The van der Waals surface area contributed by atoms with E-state index in [1.54, 1.807) is 11.0 Å². The number of sulfonamides is 1. The molecule has 1 aromatic carbocycles. The molecule has 23 heavy (non-hydrogen) atoms. The summed E-state index contributed by atoms with van der Waals surface area (Å²) in [4.78, 5) is 14.8. The molecule has 0 saturated carbocycles. The number of nitrogens with zero attached hydrogens (tertiary/aromatic N) is 1. The monoisotopic (exact) mass is 348 g/mol. The minimum Gasteiger partial charge on any atom is -0.334 e. The number of primary sulfonamides is 1. The first kappa shape index (κ1) is 15.9. The first-order valence-electron chi connectivity index (χ1n) is 7.07. The quantitative estimate of drug-likeness (QED) is 0.916. The largest absolute Gasteiger partial charge is 0.334 e. The van der Waals surface area contributed by atoms with Gasteiger partial charge in [-0.25, -0.2) is 13.6 Å². The summed E-state index contributed by atoms with van der Waals surface area (Å²) in [6.07, 6.45) is 2.24. The molecule has 0 bridgehead atoms. The van der Waals surface area contributed by atoms with Crippen LogP contribution in [-0.4, -0.2) is 32.3 Å². The second kappa shape index (κ2) is 6.27. The van der Waals surface area contributed by atoms with Crippen LogP contribution in [0.1, 0.15) is 10.4 Å². The molecule has 2 N–H and O–H groups in total. The van der Waals surface area contributed by atoms with Crippen molar-refractivity contribution < 1.29 is 13.2 Å². The molecule has 1 aliphatic heterocycles. The summed E-state index contributed by atoms with van der Waals surface area (Å²) < 4.78 is 22.6. The topological polar surface area (TPSA) is 80.5 Å². The molecule has 7 heteroatoms. The Hall–Kier alpha value is -1.96. The van der Waals surface area contributed by atoms with Gasteiger partial charge in [-0.1, -0.05) is 36.4 Å². The van der Waals surface area contributed by atoms with Gasteiger partial charge in [-0.15, -0.1) is 11.3 Å². The average molecular weight is 348 g/mol. The van der Waals surface area contributed by atoms with Crippen LogP contribution in [-0.2, 0) is 21.2 Å². The maximum Gasteiger partial charge on any atom is 0.247 e. The molecule has 5 nitrogen and oxygen atoms in total. The summed E-state index contributed by atoms with van der Waals surface area (Å²) in [5, 5.41) is 5.08. The zero-order chi connectivity index (χ0) is 16.4.